The molecule has 0 aliphatic heterocycles. The number of hydrogen-bond donors (Lipinski definition) is 0. The van der Waals surface area contributed by atoms with Gasteiger partial charge < -0.3 is 4.90 Å². The molecular weight excluding hydrogens is 627 g/mol. The molecule has 0 fully saturated rings. The second-order valence-electron chi connectivity index (χ2n) is 14.6. The summed E-state index contributed by atoms with van der Waals surface area (Å²) < 4.78 is 0. The molecule has 1 aliphatic carbocycles. The zero-order chi connectivity index (χ0) is 34.8. The van der Waals surface area contributed by atoms with E-state index in [1.54, 1.807) is 0 Å². The molecule has 52 heavy (non-hydrogen) atoms. The van der Waals surface area contributed by atoms with Crippen LogP contribution in [0.4, 0.5) is 17.1 Å². The third-order valence-electron chi connectivity index (χ3n) is 11.2. The number of para-hydroxylation sites is 1. The Morgan fingerprint density at radius 3 is 1.79 bits per heavy atom. The van der Waals surface area contributed by atoms with Gasteiger partial charge in [-0.1, -0.05) is 159 Å². The average molecular weight is 664 g/mol. The van der Waals surface area contributed by atoms with E-state index in [0.717, 1.165) is 17.1 Å². The number of benzene rings is 9. The van der Waals surface area contributed by atoms with Crippen molar-refractivity contribution in [1.82, 2.24) is 0 Å². The summed E-state index contributed by atoms with van der Waals surface area (Å²) in [5, 5.41) is 7.58. The van der Waals surface area contributed by atoms with E-state index in [-0.39, 0.29) is 5.41 Å². The standard InChI is InChI=1S/C51H37N/c1-51(2)48-32-39(38-22-20-34-12-6-7-16-37(34)30-38)24-27-46(48)47-29-26-42(33-49(47)51)52(50-19-11-10-18-45(50)35-13-4-3-5-14-35)41-25-28-44-40(31-41)23-21-36-15-8-9-17-43(36)44/h3-33H,1-2H3. The molecule has 1 nitrogen and oxygen atoms in total. The van der Waals surface area contributed by atoms with Crippen molar-refractivity contribution in [3.63, 3.8) is 0 Å². The molecule has 1 heteroatoms. The molecule has 0 heterocycles. The van der Waals surface area contributed by atoms with E-state index in [2.05, 4.69) is 207 Å². The number of hydrogen-bond acceptors (Lipinski definition) is 1. The third-order valence-corrected chi connectivity index (χ3v) is 11.2. The molecule has 10 rings (SSSR count). The van der Waals surface area contributed by atoms with E-state index in [9.17, 15) is 0 Å². The fraction of sp³-hybridized carbons (Fsp3) is 0.0588. The van der Waals surface area contributed by atoms with Crippen LogP contribution in [0, 0.1) is 0 Å². The van der Waals surface area contributed by atoms with Gasteiger partial charge in [-0.15, -0.1) is 0 Å². The molecule has 0 N–H and O–H groups in total. The molecule has 0 radical (unpaired) electrons. The Balaban J connectivity index is 1.13. The highest BCUT2D eigenvalue weighted by Crippen LogP contribution is 2.52. The SMILES string of the molecule is CC1(C)c2cc(-c3ccc4ccccc4c3)ccc2-c2ccc(N(c3ccc4c(ccc5ccccc54)c3)c3ccccc3-c3ccccc3)cc21. The maximum atomic E-state index is 2.46. The molecule has 1 aliphatic rings. The Labute approximate surface area is 305 Å². The molecule has 0 saturated heterocycles. The summed E-state index contributed by atoms with van der Waals surface area (Å²) in [6.45, 7) is 4.77. The summed E-state index contributed by atoms with van der Waals surface area (Å²) >= 11 is 0. The molecule has 0 spiro atoms. The Bertz CT molecular complexity index is 2830. The smallest absolute Gasteiger partial charge is 0.0540 e. The van der Waals surface area contributed by atoms with Gasteiger partial charge in [-0.05, 0) is 114 Å². The van der Waals surface area contributed by atoms with Crippen LogP contribution in [0.1, 0.15) is 25.0 Å². The summed E-state index contributed by atoms with van der Waals surface area (Å²) in [7, 11) is 0. The normalized spacial score (nSPS) is 13.0. The third kappa shape index (κ3) is 4.85. The van der Waals surface area contributed by atoms with E-state index in [1.165, 1.54) is 76.8 Å². The van der Waals surface area contributed by atoms with Gasteiger partial charge >= 0.3 is 0 Å². The van der Waals surface area contributed by atoms with Gasteiger partial charge in [0.2, 0.25) is 0 Å². The van der Waals surface area contributed by atoms with Gasteiger partial charge in [0.25, 0.3) is 0 Å². The first-order valence-electron chi connectivity index (χ1n) is 18.2. The molecule has 9 aromatic carbocycles. The number of fused-ring (bicyclic) bond motifs is 7. The monoisotopic (exact) mass is 663 g/mol. The van der Waals surface area contributed by atoms with Crippen molar-refractivity contribution in [3.05, 3.63) is 199 Å². The van der Waals surface area contributed by atoms with Crippen LogP contribution in [0.2, 0.25) is 0 Å². The Hall–Kier alpha value is -6.44. The predicted molar refractivity (Wildman–Crippen MR) is 222 cm³/mol. The fourth-order valence-corrected chi connectivity index (χ4v) is 8.51. The minimum Gasteiger partial charge on any atom is -0.310 e. The molecule has 9 aromatic rings. The largest absolute Gasteiger partial charge is 0.310 e. The number of rotatable bonds is 5. The van der Waals surface area contributed by atoms with E-state index in [0.29, 0.717) is 0 Å². The second kappa shape index (κ2) is 11.8. The van der Waals surface area contributed by atoms with Gasteiger partial charge in [-0.3, -0.25) is 0 Å². The first-order chi connectivity index (χ1) is 25.5. The first kappa shape index (κ1) is 30.4. The molecule has 0 amide bonds. The maximum Gasteiger partial charge on any atom is 0.0540 e. The quantitative estimate of drug-likeness (QED) is 0.166. The average Bonchev–Trinajstić information content (AvgIpc) is 3.43. The van der Waals surface area contributed by atoms with Gasteiger partial charge in [0.15, 0.2) is 0 Å². The van der Waals surface area contributed by atoms with Crippen molar-refractivity contribution in [2.45, 2.75) is 19.3 Å². The van der Waals surface area contributed by atoms with E-state index < -0.39 is 0 Å². The van der Waals surface area contributed by atoms with Crippen molar-refractivity contribution in [3.8, 4) is 33.4 Å². The van der Waals surface area contributed by atoms with Crippen molar-refractivity contribution in [2.75, 3.05) is 4.90 Å². The molecule has 0 atom stereocenters. The Morgan fingerprint density at radius 2 is 0.923 bits per heavy atom. The van der Waals surface area contributed by atoms with Crippen LogP contribution in [-0.2, 0) is 5.41 Å². The minimum absolute atomic E-state index is 0.180. The van der Waals surface area contributed by atoms with Gasteiger partial charge in [-0.25, -0.2) is 0 Å². The van der Waals surface area contributed by atoms with E-state index >= 15 is 0 Å². The predicted octanol–water partition coefficient (Wildman–Crippen LogP) is 14.3. The van der Waals surface area contributed by atoms with Crippen molar-refractivity contribution >= 4 is 49.4 Å². The summed E-state index contributed by atoms with van der Waals surface area (Å²) in [5.41, 5.74) is 13.5. The second-order valence-corrected chi connectivity index (χ2v) is 14.6. The van der Waals surface area contributed by atoms with Crippen LogP contribution in [-0.4, -0.2) is 0 Å². The number of anilines is 3. The van der Waals surface area contributed by atoms with Crippen LogP contribution in [0.15, 0.2) is 188 Å². The highest BCUT2D eigenvalue weighted by atomic mass is 15.1. The molecule has 0 aromatic heterocycles. The van der Waals surface area contributed by atoms with Gasteiger partial charge in [0.05, 0.1) is 5.69 Å². The van der Waals surface area contributed by atoms with Crippen LogP contribution < -0.4 is 4.90 Å². The van der Waals surface area contributed by atoms with Gasteiger partial charge in [0, 0.05) is 22.4 Å². The lowest BCUT2D eigenvalue weighted by molar-refractivity contribution is 0.660. The minimum atomic E-state index is -0.180. The molecule has 0 bridgehead atoms. The lowest BCUT2D eigenvalue weighted by Gasteiger charge is -2.30. The molecule has 0 unspecified atom stereocenters. The summed E-state index contributed by atoms with van der Waals surface area (Å²) in [6, 6.07) is 69.2. The van der Waals surface area contributed by atoms with Crippen LogP contribution in [0.3, 0.4) is 0 Å². The lowest BCUT2D eigenvalue weighted by atomic mass is 9.81. The van der Waals surface area contributed by atoms with Gasteiger partial charge in [-0.2, -0.15) is 0 Å². The van der Waals surface area contributed by atoms with Gasteiger partial charge in [0.1, 0.15) is 0 Å². The van der Waals surface area contributed by atoms with Crippen LogP contribution in [0.5, 0.6) is 0 Å². The maximum absolute atomic E-state index is 2.46. The van der Waals surface area contributed by atoms with Crippen molar-refractivity contribution in [1.29, 1.82) is 0 Å². The van der Waals surface area contributed by atoms with E-state index in [4.69, 9.17) is 0 Å². The Kier molecular flexibility index (Phi) is 6.91. The van der Waals surface area contributed by atoms with Crippen LogP contribution >= 0.6 is 0 Å². The summed E-state index contributed by atoms with van der Waals surface area (Å²) in [4.78, 5) is 2.46. The molecule has 0 saturated carbocycles. The zero-order valence-electron chi connectivity index (χ0n) is 29.3. The zero-order valence-corrected chi connectivity index (χ0v) is 29.3. The Morgan fingerprint density at radius 1 is 0.346 bits per heavy atom. The molecule has 246 valence electrons. The van der Waals surface area contributed by atoms with Crippen molar-refractivity contribution in [2.24, 2.45) is 0 Å². The highest BCUT2D eigenvalue weighted by Gasteiger charge is 2.36. The van der Waals surface area contributed by atoms with Crippen LogP contribution in [0.25, 0.3) is 65.7 Å². The summed E-state index contributed by atoms with van der Waals surface area (Å²) in [6.07, 6.45) is 0. The first-order valence-corrected chi connectivity index (χ1v) is 18.2. The summed E-state index contributed by atoms with van der Waals surface area (Å²) in [5.74, 6) is 0. The van der Waals surface area contributed by atoms with Crippen molar-refractivity contribution < 1.29 is 0 Å². The number of nitrogens with zero attached hydrogens (tertiary/aromatic N) is 1. The topological polar surface area (TPSA) is 3.24 Å². The lowest BCUT2D eigenvalue weighted by Crippen LogP contribution is -2.17. The molecular formula is C51H37N. The highest BCUT2D eigenvalue weighted by molar-refractivity contribution is 6.09. The fourth-order valence-electron chi connectivity index (χ4n) is 8.51. The van der Waals surface area contributed by atoms with E-state index in [1.807, 2.05) is 0 Å².